The molecule has 0 saturated carbocycles. The van der Waals surface area contributed by atoms with E-state index in [1.165, 1.54) is 90.6 Å². The molecule has 1 unspecified atom stereocenters. The Kier molecular flexibility index (Phi) is 17.2. The van der Waals surface area contributed by atoms with Crippen molar-refractivity contribution in [2.24, 2.45) is 0 Å². The van der Waals surface area contributed by atoms with Gasteiger partial charge in [0.25, 0.3) is 0 Å². The lowest BCUT2D eigenvalue weighted by molar-refractivity contribution is 0.412. The van der Waals surface area contributed by atoms with E-state index < -0.39 is 8.03 Å². The van der Waals surface area contributed by atoms with E-state index in [0.717, 1.165) is 12.6 Å². The maximum Gasteiger partial charge on any atom is 0.507 e. The minimum atomic E-state index is -1.37. The lowest BCUT2D eigenvalue weighted by Gasteiger charge is -2.02. The lowest BCUT2D eigenvalue weighted by Crippen LogP contribution is -1.84. The highest BCUT2D eigenvalue weighted by molar-refractivity contribution is 7.39. The molecule has 0 bridgehead atoms. The molecule has 0 N–H and O–H groups in total. The Hall–Kier alpha value is 0.0600. The smallest absolute Gasteiger partial charge is 0.150 e. The Morgan fingerprint density at radius 3 is 1.35 bits per heavy atom. The summed E-state index contributed by atoms with van der Waals surface area (Å²) in [6.07, 6.45) is 19.8. The third kappa shape index (κ3) is 16.1. The monoisotopic (exact) mass is 303 g/mol. The van der Waals surface area contributed by atoms with Gasteiger partial charge in [0.2, 0.25) is 0 Å². The predicted octanol–water partition coefficient (Wildman–Crippen LogP) is 6.86. The van der Waals surface area contributed by atoms with Gasteiger partial charge in [0.15, 0.2) is 6.16 Å². The van der Waals surface area contributed by atoms with E-state index in [2.05, 4.69) is 6.92 Å². The van der Waals surface area contributed by atoms with Gasteiger partial charge >= 0.3 is 8.03 Å². The standard InChI is InChI=1S/C17H36O2P/c1-3-4-5-6-7-8-9-10-11-12-13-14-15-16-17-20(18)19-2/h3-17H2,1-2H3/q+1. The number of hydrogen-bond acceptors (Lipinski definition) is 2. The Labute approximate surface area is 127 Å². The second kappa shape index (κ2) is 17.1. The highest BCUT2D eigenvalue weighted by atomic mass is 31.1. The minimum Gasteiger partial charge on any atom is -0.150 e. The van der Waals surface area contributed by atoms with Gasteiger partial charge in [-0.15, -0.1) is 4.52 Å². The molecule has 120 valence electrons. The minimum absolute atomic E-state index is 0.740. The molecule has 0 rings (SSSR count). The molecule has 0 aromatic heterocycles. The van der Waals surface area contributed by atoms with Crippen LogP contribution in [0.3, 0.4) is 0 Å². The lowest BCUT2D eigenvalue weighted by atomic mass is 10.0. The van der Waals surface area contributed by atoms with Gasteiger partial charge in [-0.2, -0.15) is 0 Å². The molecule has 2 nitrogen and oxygen atoms in total. The van der Waals surface area contributed by atoms with E-state index in [0.29, 0.717) is 0 Å². The van der Waals surface area contributed by atoms with E-state index in [4.69, 9.17) is 4.52 Å². The zero-order valence-electron chi connectivity index (χ0n) is 13.9. The van der Waals surface area contributed by atoms with Crippen molar-refractivity contribution >= 4 is 8.03 Å². The van der Waals surface area contributed by atoms with Crippen LogP contribution in [0.15, 0.2) is 0 Å². The van der Waals surface area contributed by atoms with Gasteiger partial charge < -0.3 is 0 Å². The van der Waals surface area contributed by atoms with Crippen LogP contribution in [-0.4, -0.2) is 13.3 Å². The molecule has 0 saturated heterocycles. The first-order valence-corrected chi connectivity index (χ1v) is 10.2. The SMILES string of the molecule is CCCCCCCCCCCCCCCC[P+](=O)OC. The van der Waals surface area contributed by atoms with E-state index in [1.807, 2.05) is 0 Å². The molecule has 0 fully saturated rings. The van der Waals surface area contributed by atoms with Gasteiger partial charge in [-0.25, -0.2) is 0 Å². The van der Waals surface area contributed by atoms with Crippen LogP contribution in [-0.2, 0) is 9.09 Å². The van der Waals surface area contributed by atoms with E-state index in [9.17, 15) is 4.57 Å². The van der Waals surface area contributed by atoms with Crippen molar-refractivity contribution in [1.82, 2.24) is 0 Å². The Morgan fingerprint density at radius 1 is 0.650 bits per heavy atom. The molecular weight excluding hydrogens is 267 g/mol. The molecule has 0 aliphatic rings. The number of unbranched alkanes of at least 4 members (excludes halogenated alkanes) is 13. The molecule has 0 heterocycles. The van der Waals surface area contributed by atoms with Crippen molar-refractivity contribution in [3.8, 4) is 0 Å². The second-order valence-electron chi connectivity index (χ2n) is 5.84. The molecule has 1 atom stereocenters. The summed E-state index contributed by atoms with van der Waals surface area (Å²) in [4.78, 5) is 0. The average molecular weight is 303 g/mol. The highest BCUT2D eigenvalue weighted by Gasteiger charge is 2.12. The van der Waals surface area contributed by atoms with Crippen molar-refractivity contribution in [2.45, 2.75) is 96.8 Å². The predicted molar refractivity (Wildman–Crippen MR) is 89.8 cm³/mol. The molecule has 0 aromatic rings. The zero-order valence-corrected chi connectivity index (χ0v) is 14.8. The van der Waals surface area contributed by atoms with Crippen LogP contribution in [0.5, 0.6) is 0 Å². The highest BCUT2D eigenvalue weighted by Crippen LogP contribution is 2.22. The molecule has 0 radical (unpaired) electrons. The van der Waals surface area contributed by atoms with Crippen LogP contribution in [0.4, 0.5) is 0 Å². The van der Waals surface area contributed by atoms with Crippen molar-refractivity contribution in [3.63, 3.8) is 0 Å². The normalized spacial score (nSPS) is 11.8. The third-order valence-corrected chi connectivity index (χ3v) is 4.99. The van der Waals surface area contributed by atoms with Gasteiger partial charge in [-0.3, -0.25) is 0 Å². The van der Waals surface area contributed by atoms with E-state index in [-0.39, 0.29) is 0 Å². The number of hydrogen-bond donors (Lipinski definition) is 0. The van der Waals surface area contributed by atoms with Gasteiger partial charge in [-0.05, 0) is 17.4 Å². The second-order valence-corrected chi connectivity index (χ2v) is 7.31. The molecule has 0 spiro atoms. The van der Waals surface area contributed by atoms with Gasteiger partial charge in [-0.1, -0.05) is 84.0 Å². The van der Waals surface area contributed by atoms with Crippen molar-refractivity contribution < 1.29 is 9.09 Å². The van der Waals surface area contributed by atoms with Crippen LogP contribution in [0.25, 0.3) is 0 Å². The summed E-state index contributed by atoms with van der Waals surface area (Å²) < 4.78 is 15.8. The summed E-state index contributed by atoms with van der Waals surface area (Å²) in [5.74, 6) is 0. The van der Waals surface area contributed by atoms with Gasteiger partial charge in [0, 0.05) is 0 Å². The summed E-state index contributed by atoms with van der Waals surface area (Å²) in [5.41, 5.74) is 0. The average Bonchev–Trinajstić information content (AvgIpc) is 2.47. The van der Waals surface area contributed by atoms with Crippen LogP contribution < -0.4 is 0 Å². The topological polar surface area (TPSA) is 26.3 Å². The maximum absolute atomic E-state index is 11.1. The Balaban J connectivity index is 2.97. The largest absolute Gasteiger partial charge is 0.507 e. The molecule has 0 amide bonds. The first-order chi connectivity index (χ1) is 9.81. The number of rotatable bonds is 16. The molecule has 0 aromatic carbocycles. The van der Waals surface area contributed by atoms with Crippen LogP contribution in [0, 0.1) is 0 Å². The molecule has 0 aliphatic heterocycles. The molecule has 20 heavy (non-hydrogen) atoms. The van der Waals surface area contributed by atoms with Crippen LogP contribution in [0.1, 0.15) is 96.8 Å². The Bertz CT molecular complexity index is 207. The van der Waals surface area contributed by atoms with Crippen LogP contribution in [0.2, 0.25) is 0 Å². The fourth-order valence-electron chi connectivity index (χ4n) is 2.53. The van der Waals surface area contributed by atoms with Crippen molar-refractivity contribution in [1.29, 1.82) is 0 Å². The summed E-state index contributed by atoms with van der Waals surface area (Å²) in [6.45, 7) is 2.28. The van der Waals surface area contributed by atoms with Crippen molar-refractivity contribution in [2.75, 3.05) is 13.3 Å². The summed E-state index contributed by atoms with van der Waals surface area (Å²) in [6, 6.07) is 0. The van der Waals surface area contributed by atoms with E-state index >= 15 is 0 Å². The van der Waals surface area contributed by atoms with Crippen LogP contribution >= 0.6 is 8.03 Å². The molecule has 0 aliphatic carbocycles. The fraction of sp³-hybridized carbons (Fsp3) is 1.00. The quantitative estimate of drug-likeness (QED) is 0.230. The summed E-state index contributed by atoms with van der Waals surface area (Å²) in [5, 5.41) is 0. The van der Waals surface area contributed by atoms with Crippen molar-refractivity contribution in [3.05, 3.63) is 0 Å². The van der Waals surface area contributed by atoms with E-state index in [1.54, 1.807) is 0 Å². The maximum atomic E-state index is 11.1. The Morgan fingerprint density at radius 2 is 1.00 bits per heavy atom. The summed E-state index contributed by atoms with van der Waals surface area (Å²) >= 11 is 0. The first-order valence-electron chi connectivity index (χ1n) is 8.80. The third-order valence-electron chi connectivity index (χ3n) is 3.90. The van der Waals surface area contributed by atoms with Gasteiger partial charge in [0.1, 0.15) is 0 Å². The summed E-state index contributed by atoms with van der Waals surface area (Å²) in [7, 11) is 0.161. The fourth-order valence-corrected chi connectivity index (χ4v) is 3.19. The van der Waals surface area contributed by atoms with Gasteiger partial charge in [0.05, 0.1) is 7.11 Å². The molecular formula is C17H36O2P+. The molecule has 3 heteroatoms. The first kappa shape index (κ1) is 20.1. The zero-order chi connectivity index (χ0) is 14.9.